The Kier molecular flexibility index (Phi) is 20.2. The summed E-state index contributed by atoms with van der Waals surface area (Å²) in [5, 5.41) is 5.10. The summed E-state index contributed by atoms with van der Waals surface area (Å²) in [4.78, 5) is 0. The molecule has 23 heteroatoms. The number of benzene rings is 4. The molecule has 0 aromatic heterocycles. The largest absolute Gasteiger partial charge is 0.486 e. The molecule has 0 spiro atoms. The zero-order valence-corrected chi connectivity index (χ0v) is 59.4. The molecule has 8 unspecified atom stereocenters. The summed E-state index contributed by atoms with van der Waals surface area (Å²) in [7, 11) is -34.6. The lowest BCUT2D eigenvalue weighted by molar-refractivity contribution is -0.000128. The van der Waals surface area contributed by atoms with Crippen molar-refractivity contribution >= 4 is 108 Å². The number of nitrogens with zero attached hydrogens (tertiary/aromatic N) is 1. The first kappa shape index (κ1) is 62.5. The minimum atomic E-state index is -4.29. The second kappa shape index (κ2) is 25.5. The minimum Gasteiger partial charge on any atom is -0.393 e. The molecule has 4 aromatic carbocycles. The van der Waals surface area contributed by atoms with Gasteiger partial charge in [0.15, 0.2) is 0 Å². The highest BCUT2D eigenvalue weighted by Gasteiger charge is 2.81. The van der Waals surface area contributed by atoms with Gasteiger partial charge in [0.2, 0.25) is 0 Å². The average molecular weight is 1260 g/mol. The Balaban J connectivity index is 1.31. The van der Waals surface area contributed by atoms with E-state index in [9.17, 15) is 0 Å². The van der Waals surface area contributed by atoms with Crippen LogP contribution in [0.1, 0.15) is 103 Å². The second-order valence-corrected chi connectivity index (χ2v) is 54.3. The van der Waals surface area contributed by atoms with Crippen molar-refractivity contribution in [2.45, 2.75) is 152 Å². The lowest BCUT2D eigenvalue weighted by Gasteiger charge is -2.60. The van der Waals surface area contributed by atoms with E-state index in [0.29, 0.717) is 61.3 Å². The zero-order valence-electron chi connectivity index (χ0n) is 49.6. The minimum absolute atomic E-state index is 0.0654. The molecule has 6 saturated heterocycles. The van der Waals surface area contributed by atoms with Crippen LogP contribution in [0.2, 0.25) is 48.4 Å². The van der Waals surface area contributed by atoms with Gasteiger partial charge < -0.3 is 49.7 Å². The lowest BCUT2D eigenvalue weighted by Crippen LogP contribution is -2.84. The first-order valence-corrected chi connectivity index (χ1v) is 47.7. The van der Waals surface area contributed by atoms with Crippen LogP contribution >= 0.6 is 16.1 Å². The number of hydrogen-bond acceptors (Lipinski definition) is 13. The first-order valence-electron chi connectivity index (χ1n) is 29.4. The van der Waals surface area contributed by atoms with Crippen LogP contribution in [0.25, 0.3) is 0 Å². The van der Waals surface area contributed by atoms with Crippen molar-refractivity contribution < 1.29 is 49.7 Å². The highest BCUT2D eigenvalue weighted by molar-refractivity contribution is 7.84. The third-order valence-corrected chi connectivity index (χ3v) is 59.1. The number of fused-ring (bicyclic) bond motifs is 1. The Morgan fingerprint density at radius 2 is 0.582 bits per heavy atom. The van der Waals surface area contributed by atoms with Crippen molar-refractivity contribution in [2.24, 2.45) is 41.4 Å². The van der Waals surface area contributed by atoms with Gasteiger partial charge in [0.1, 0.15) is 0 Å². The molecule has 8 atom stereocenters. The molecule has 6 heterocycles. The summed E-state index contributed by atoms with van der Waals surface area (Å²) < 4.78 is 100. The van der Waals surface area contributed by atoms with E-state index < -0.39 is 86.3 Å². The normalized spacial score (nSPS) is 31.8. The Morgan fingerprint density at radius 1 is 0.329 bits per heavy atom. The third-order valence-electron chi connectivity index (χ3n) is 14.0. The fourth-order valence-corrected chi connectivity index (χ4v) is 68.8. The third kappa shape index (κ3) is 15.0. The molecule has 434 valence electrons. The topological polar surface area (TPSA) is 114 Å². The van der Waals surface area contributed by atoms with Gasteiger partial charge in [-0.2, -0.15) is 0 Å². The molecule has 0 amide bonds. The molecule has 13 nitrogen and oxygen atoms in total. The fourth-order valence-electron chi connectivity index (χ4n) is 12.0. The van der Waals surface area contributed by atoms with Crippen molar-refractivity contribution in [1.29, 1.82) is 0 Å². The quantitative estimate of drug-likeness (QED) is 0.0490. The summed E-state index contributed by atoms with van der Waals surface area (Å²) >= 11 is 0. The standard InChI is InChI=1S/C56H91NO12P2Si8/c1-46(2)38-72-45-58-74(39-47(3)4)61-73(37-27-36-57(70(53-28-19-15-20-29-53)54-30-21-16-22-31-54)71(55-32-23-17-24-33-55)56-34-25-18-26-35-56)62-75(59-72,40-48(5)6)65-79(44-52(13)14)67-76(60-72,41-49(7)8)66-78(64-74,43-51(11)12)68-77(63-73,69-79)42-50(9)10/h15-26,28-35,46-52H,27,36-45H2,1-14H3. The predicted octanol–water partition coefficient (Wildman–Crippen LogP) is 13.2. The molecule has 8 bridgehead atoms. The van der Waals surface area contributed by atoms with Crippen LogP contribution in [0.4, 0.5) is 0 Å². The van der Waals surface area contributed by atoms with Crippen LogP contribution in [0.3, 0.4) is 0 Å². The maximum Gasteiger partial charge on any atom is 0.486 e. The highest BCUT2D eigenvalue weighted by atomic mass is 31.2. The van der Waals surface area contributed by atoms with Gasteiger partial charge in [0.05, 0.1) is 6.23 Å². The smallest absolute Gasteiger partial charge is 0.393 e. The molecule has 0 N–H and O–H groups in total. The monoisotopic (exact) mass is 1260 g/mol. The van der Waals surface area contributed by atoms with Gasteiger partial charge in [-0.25, -0.2) is 4.44 Å². The molecule has 0 radical (unpaired) electrons. The van der Waals surface area contributed by atoms with E-state index in [4.69, 9.17) is 49.7 Å². The highest BCUT2D eigenvalue weighted by Crippen LogP contribution is 2.57. The van der Waals surface area contributed by atoms with E-state index in [2.05, 4.69) is 223 Å². The lowest BCUT2D eigenvalue weighted by atomic mass is 10.3. The molecule has 0 aliphatic carbocycles. The maximum absolute atomic E-state index is 8.35. The Hall–Kier alpha value is -1.04. The summed E-state index contributed by atoms with van der Waals surface area (Å²) in [5.74, 6) is 0.679. The molecule has 6 aliphatic rings. The van der Waals surface area contributed by atoms with Gasteiger partial charge in [-0.05, 0) is 75.1 Å². The molecular formula is C56H91NO12P2Si8. The summed E-state index contributed by atoms with van der Waals surface area (Å²) in [6.07, 6.45) is 0.776. The Morgan fingerprint density at radius 3 is 0.886 bits per heavy atom. The van der Waals surface area contributed by atoms with Crippen LogP contribution in [0, 0.1) is 41.4 Å². The van der Waals surface area contributed by atoms with Crippen LogP contribution in [-0.2, 0) is 49.7 Å². The van der Waals surface area contributed by atoms with Crippen molar-refractivity contribution in [3.05, 3.63) is 121 Å². The zero-order chi connectivity index (χ0) is 56.5. The molecular weight excluding hydrogens is 1170 g/mol. The average Bonchev–Trinajstić information content (AvgIpc) is 3.73. The molecule has 79 heavy (non-hydrogen) atoms. The van der Waals surface area contributed by atoms with E-state index >= 15 is 0 Å². The first-order chi connectivity index (χ1) is 37.4. The predicted molar refractivity (Wildman–Crippen MR) is 336 cm³/mol. The van der Waals surface area contributed by atoms with Crippen LogP contribution in [0.15, 0.2) is 121 Å². The molecule has 6 fully saturated rings. The maximum atomic E-state index is 8.35. The van der Waals surface area contributed by atoms with Gasteiger partial charge in [-0.15, -0.1) is 0 Å². The van der Waals surface area contributed by atoms with Crippen molar-refractivity contribution in [1.82, 2.24) is 4.44 Å². The fraction of sp³-hybridized carbons (Fsp3) is 0.571. The van der Waals surface area contributed by atoms with Crippen molar-refractivity contribution in [3.8, 4) is 0 Å². The number of rotatable bonds is 24. The van der Waals surface area contributed by atoms with E-state index in [-0.39, 0.29) is 47.7 Å². The summed E-state index contributed by atoms with van der Waals surface area (Å²) in [5.41, 5.74) is 0. The van der Waals surface area contributed by atoms with Crippen LogP contribution in [-0.4, -0.2) is 87.4 Å². The molecule has 0 saturated carbocycles. The van der Waals surface area contributed by atoms with Gasteiger partial charge >= 0.3 is 70.2 Å². The van der Waals surface area contributed by atoms with Crippen LogP contribution in [0.5, 0.6) is 0 Å². The van der Waals surface area contributed by atoms with Gasteiger partial charge in [-0.3, -0.25) is 0 Å². The van der Waals surface area contributed by atoms with E-state index in [1.807, 2.05) is 0 Å². The van der Waals surface area contributed by atoms with E-state index in [1.165, 1.54) is 21.2 Å². The Labute approximate surface area is 485 Å². The second-order valence-electron chi connectivity index (χ2n) is 25.5. The molecule has 10 rings (SSSR count). The van der Waals surface area contributed by atoms with Gasteiger partial charge in [0, 0.05) is 65.0 Å². The van der Waals surface area contributed by atoms with Crippen molar-refractivity contribution in [3.63, 3.8) is 0 Å². The summed E-state index contributed by atoms with van der Waals surface area (Å²) in [6.45, 7) is 31.7. The molecule has 4 aromatic rings. The van der Waals surface area contributed by atoms with E-state index in [0.717, 1.165) is 0 Å². The van der Waals surface area contributed by atoms with Crippen LogP contribution < -0.4 is 21.2 Å². The summed E-state index contributed by atoms with van der Waals surface area (Å²) in [6, 6.07) is 48.1. The van der Waals surface area contributed by atoms with Gasteiger partial charge in [0.25, 0.3) is 0 Å². The van der Waals surface area contributed by atoms with Crippen molar-refractivity contribution in [2.75, 3.05) is 12.8 Å². The molecule has 6 aliphatic heterocycles. The number of hydrogen-bond donors (Lipinski definition) is 0. The Bertz CT molecular complexity index is 2440. The van der Waals surface area contributed by atoms with E-state index in [1.54, 1.807) is 0 Å². The van der Waals surface area contributed by atoms with Gasteiger partial charge in [-0.1, -0.05) is 218 Å². The SMILES string of the molecule is CC(C)C[Si]12CO[Si]3(CC(C)C)O[Si]4(CCCN(P(c5ccccc5)c5ccccc5)P(c5ccccc5)c5ccccc5)O[Si](CC(C)C)(O1)O[Si]1(CC(C)C)O[Si](CC(C)C)(O2)O[Si](CC(C)C)(O3)O[Si](CC(C)C)(O4)O1.